The summed E-state index contributed by atoms with van der Waals surface area (Å²) in [5.74, 6) is 0. The van der Waals surface area contributed by atoms with Crippen LogP contribution in [0.15, 0.2) is 17.5 Å². The average Bonchev–Trinajstić information content (AvgIpc) is 2.82. The SMILES string of the molecule is Nc1nc(/C=C/c2ccc3c(n2)CCCC3)cs1. The second-order valence-electron chi connectivity index (χ2n) is 4.49. The van der Waals surface area contributed by atoms with Gasteiger partial charge >= 0.3 is 0 Å². The summed E-state index contributed by atoms with van der Waals surface area (Å²) < 4.78 is 0. The molecule has 2 heterocycles. The van der Waals surface area contributed by atoms with Crippen molar-refractivity contribution in [2.24, 2.45) is 0 Å². The number of hydrogen-bond donors (Lipinski definition) is 1. The molecule has 3 rings (SSSR count). The summed E-state index contributed by atoms with van der Waals surface area (Å²) in [6.07, 6.45) is 8.81. The average molecular weight is 257 g/mol. The van der Waals surface area contributed by atoms with E-state index in [1.54, 1.807) is 0 Å². The van der Waals surface area contributed by atoms with Gasteiger partial charge in [0.15, 0.2) is 5.13 Å². The minimum Gasteiger partial charge on any atom is -0.375 e. The van der Waals surface area contributed by atoms with Crippen molar-refractivity contribution in [1.82, 2.24) is 9.97 Å². The fourth-order valence-corrected chi connectivity index (χ4v) is 2.77. The number of pyridine rings is 1. The highest BCUT2D eigenvalue weighted by molar-refractivity contribution is 7.13. The summed E-state index contributed by atoms with van der Waals surface area (Å²) in [5.41, 5.74) is 10.2. The molecule has 0 bridgehead atoms. The molecular weight excluding hydrogens is 242 g/mol. The van der Waals surface area contributed by atoms with Crippen LogP contribution in [0.5, 0.6) is 0 Å². The second-order valence-corrected chi connectivity index (χ2v) is 5.38. The molecule has 0 radical (unpaired) electrons. The van der Waals surface area contributed by atoms with Crippen molar-refractivity contribution in [1.29, 1.82) is 0 Å². The highest BCUT2D eigenvalue weighted by atomic mass is 32.1. The van der Waals surface area contributed by atoms with E-state index in [4.69, 9.17) is 10.7 Å². The summed E-state index contributed by atoms with van der Waals surface area (Å²) in [7, 11) is 0. The van der Waals surface area contributed by atoms with Gasteiger partial charge in [-0.2, -0.15) is 0 Å². The molecule has 2 aromatic rings. The minimum absolute atomic E-state index is 0.605. The largest absolute Gasteiger partial charge is 0.375 e. The predicted molar refractivity (Wildman–Crippen MR) is 76.3 cm³/mol. The third-order valence-electron chi connectivity index (χ3n) is 3.16. The van der Waals surface area contributed by atoms with E-state index < -0.39 is 0 Å². The standard InChI is InChI=1S/C14H15N3S/c15-14-17-12(9-18-14)8-7-11-6-5-10-3-1-2-4-13(10)16-11/h5-9H,1-4H2,(H2,15,17)/b8-7+. The summed E-state index contributed by atoms with van der Waals surface area (Å²) in [5, 5.41) is 2.55. The molecule has 0 fully saturated rings. The Labute approximate surface area is 110 Å². The third-order valence-corrected chi connectivity index (χ3v) is 3.86. The van der Waals surface area contributed by atoms with E-state index in [9.17, 15) is 0 Å². The first-order chi connectivity index (χ1) is 8.81. The number of rotatable bonds is 2. The molecule has 1 aliphatic carbocycles. The zero-order valence-corrected chi connectivity index (χ0v) is 10.9. The first-order valence-corrected chi connectivity index (χ1v) is 7.07. The molecule has 0 aliphatic heterocycles. The summed E-state index contributed by atoms with van der Waals surface area (Å²) in [4.78, 5) is 8.89. The summed E-state index contributed by atoms with van der Waals surface area (Å²) in [6, 6.07) is 4.28. The quantitative estimate of drug-likeness (QED) is 0.899. The topological polar surface area (TPSA) is 51.8 Å². The van der Waals surface area contributed by atoms with Crippen molar-refractivity contribution in [3.05, 3.63) is 40.2 Å². The molecule has 4 heteroatoms. The van der Waals surface area contributed by atoms with Gasteiger partial charge < -0.3 is 5.73 Å². The smallest absolute Gasteiger partial charge is 0.180 e. The number of nitrogens with zero attached hydrogens (tertiary/aromatic N) is 2. The van der Waals surface area contributed by atoms with Crippen molar-refractivity contribution >= 4 is 28.6 Å². The molecule has 18 heavy (non-hydrogen) atoms. The van der Waals surface area contributed by atoms with Crippen molar-refractivity contribution in [3.8, 4) is 0 Å². The number of anilines is 1. The van der Waals surface area contributed by atoms with Gasteiger partial charge in [-0.05, 0) is 49.5 Å². The lowest BCUT2D eigenvalue weighted by Crippen LogP contribution is -2.05. The number of hydrogen-bond acceptors (Lipinski definition) is 4. The Morgan fingerprint density at radius 2 is 1.89 bits per heavy atom. The maximum atomic E-state index is 5.60. The Kier molecular flexibility index (Phi) is 3.11. The Bertz CT molecular complexity index is 586. The van der Waals surface area contributed by atoms with Crippen LogP contribution in [0, 0.1) is 0 Å². The lowest BCUT2D eigenvalue weighted by atomic mass is 9.96. The molecule has 2 aromatic heterocycles. The minimum atomic E-state index is 0.605. The fraction of sp³-hybridized carbons (Fsp3) is 0.286. The van der Waals surface area contributed by atoms with Gasteiger partial charge in [0, 0.05) is 11.1 Å². The Balaban J connectivity index is 1.82. The normalized spacial score (nSPS) is 14.9. The number of aryl methyl sites for hydroxylation is 2. The van der Waals surface area contributed by atoms with Gasteiger partial charge in [0.2, 0.25) is 0 Å². The van der Waals surface area contributed by atoms with Crippen LogP contribution in [0.25, 0.3) is 12.2 Å². The zero-order valence-electron chi connectivity index (χ0n) is 10.1. The first-order valence-electron chi connectivity index (χ1n) is 6.19. The molecular formula is C14H15N3S. The van der Waals surface area contributed by atoms with Crippen molar-refractivity contribution < 1.29 is 0 Å². The molecule has 0 atom stereocenters. The van der Waals surface area contributed by atoms with Gasteiger partial charge in [-0.25, -0.2) is 4.98 Å². The van der Waals surface area contributed by atoms with Crippen molar-refractivity contribution in [2.75, 3.05) is 5.73 Å². The monoisotopic (exact) mass is 257 g/mol. The van der Waals surface area contributed by atoms with Crippen LogP contribution in [0.2, 0.25) is 0 Å². The van der Waals surface area contributed by atoms with E-state index in [2.05, 4.69) is 17.1 Å². The lowest BCUT2D eigenvalue weighted by Gasteiger charge is -2.14. The third kappa shape index (κ3) is 2.43. The van der Waals surface area contributed by atoms with Gasteiger partial charge in [-0.15, -0.1) is 11.3 Å². The molecule has 0 aromatic carbocycles. The molecule has 1 aliphatic rings. The van der Waals surface area contributed by atoms with Crippen LogP contribution in [0.4, 0.5) is 5.13 Å². The van der Waals surface area contributed by atoms with E-state index in [1.165, 1.54) is 41.9 Å². The summed E-state index contributed by atoms with van der Waals surface area (Å²) in [6.45, 7) is 0. The molecule has 0 unspecified atom stereocenters. The van der Waals surface area contributed by atoms with Crippen LogP contribution < -0.4 is 5.73 Å². The first kappa shape index (κ1) is 11.4. The van der Waals surface area contributed by atoms with Crippen LogP contribution in [-0.2, 0) is 12.8 Å². The zero-order chi connectivity index (χ0) is 12.4. The van der Waals surface area contributed by atoms with Crippen LogP contribution in [0.3, 0.4) is 0 Å². The highest BCUT2D eigenvalue weighted by Gasteiger charge is 2.09. The Morgan fingerprint density at radius 1 is 1.06 bits per heavy atom. The number of nitrogens with two attached hydrogens (primary N) is 1. The van der Waals surface area contributed by atoms with E-state index in [1.807, 2.05) is 17.5 Å². The van der Waals surface area contributed by atoms with Crippen molar-refractivity contribution in [2.45, 2.75) is 25.7 Å². The second kappa shape index (κ2) is 4.90. The van der Waals surface area contributed by atoms with E-state index >= 15 is 0 Å². The number of thiazole rings is 1. The van der Waals surface area contributed by atoms with Crippen LogP contribution >= 0.6 is 11.3 Å². The highest BCUT2D eigenvalue weighted by Crippen LogP contribution is 2.20. The van der Waals surface area contributed by atoms with E-state index in [0.717, 1.165) is 17.8 Å². The van der Waals surface area contributed by atoms with Crippen molar-refractivity contribution in [3.63, 3.8) is 0 Å². The van der Waals surface area contributed by atoms with Gasteiger partial charge in [-0.3, -0.25) is 4.98 Å². The molecule has 2 N–H and O–H groups in total. The van der Waals surface area contributed by atoms with Gasteiger partial charge in [0.05, 0.1) is 11.4 Å². The molecule has 3 nitrogen and oxygen atoms in total. The molecule has 0 spiro atoms. The number of nitrogen functional groups attached to an aromatic ring is 1. The Hall–Kier alpha value is -1.68. The molecule has 92 valence electrons. The fourth-order valence-electron chi connectivity index (χ4n) is 2.24. The molecule has 0 saturated carbocycles. The van der Waals surface area contributed by atoms with Gasteiger partial charge in [-0.1, -0.05) is 6.07 Å². The van der Waals surface area contributed by atoms with E-state index in [-0.39, 0.29) is 0 Å². The van der Waals surface area contributed by atoms with Crippen LogP contribution in [-0.4, -0.2) is 9.97 Å². The number of fused-ring (bicyclic) bond motifs is 1. The number of aromatic nitrogens is 2. The van der Waals surface area contributed by atoms with Gasteiger partial charge in [0.25, 0.3) is 0 Å². The maximum Gasteiger partial charge on any atom is 0.180 e. The molecule has 0 amide bonds. The van der Waals surface area contributed by atoms with E-state index in [0.29, 0.717) is 5.13 Å². The molecule has 0 saturated heterocycles. The van der Waals surface area contributed by atoms with Crippen LogP contribution in [0.1, 0.15) is 35.5 Å². The Morgan fingerprint density at radius 3 is 2.72 bits per heavy atom. The predicted octanol–water partition coefficient (Wildman–Crippen LogP) is 3.17. The lowest BCUT2D eigenvalue weighted by molar-refractivity contribution is 0.667. The van der Waals surface area contributed by atoms with Gasteiger partial charge in [0.1, 0.15) is 0 Å². The summed E-state index contributed by atoms with van der Waals surface area (Å²) >= 11 is 1.46. The maximum absolute atomic E-state index is 5.60.